The Morgan fingerprint density at radius 3 is 2.74 bits per heavy atom. The fourth-order valence-corrected chi connectivity index (χ4v) is 3.61. The SMILES string of the molecule is CC(Cl)c1nc2ccccc2n1C1CCCC1(C)C. The van der Waals surface area contributed by atoms with Crippen molar-refractivity contribution in [2.75, 3.05) is 0 Å². The molecule has 0 N–H and O–H groups in total. The minimum absolute atomic E-state index is 0.0520. The smallest absolute Gasteiger partial charge is 0.127 e. The Balaban J connectivity index is 2.23. The third-order valence-corrected chi connectivity index (χ3v) is 4.69. The summed E-state index contributed by atoms with van der Waals surface area (Å²) in [6.45, 7) is 6.74. The second-order valence-corrected chi connectivity index (χ2v) is 7.00. The Hall–Kier alpha value is -1.02. The van der Waals surface area contributed by atoms with E-state index in [-0.39, 0.29) is 5.38 Å². The summed E-state index contributed by atoms with van der Waals surface area (Å²) in [5, 5.41) is -0.0520. The average Bonchev–Trinajstić information content (AvgIpc) is 2.88. The molecule has 2 nitrogen and oxygen atoms in total. The first-order valence-electron chi connectivity index (χ1n) is 7.11. The van der Waals surface area contributed by atoms with Crippen LogP contribution in [0.15, 0.2) is 24.3 Å². The van der Waals surface area contributed by atoms with Gasteiger partial charge < -0.3 is 4.57 Å². The van der Waals surface area contributed by atoms with Crippen molar-refractivity contribution in [1.82, 2.24) is 9.55 Å². The van der Waals surface area contributed by atoms with Gasteiger partial charge in [-0.1, -0.05) is 32.4 Å². The van der Waals surface area contributed by atoms with E-state index in [0.29, 0.717) is 11.5 Å². The zero-order valence-corrected chi connectivity index (χ0v) is 12.6. The van der Waals surface area contributed by atoms with Crippen LogP contribution >= 0.6 is 11.6 Å². The molecule has 1 heterocycles. The highest BCUT2D eigenvalue weighted by Gasteiger charge is 2.38. The van der Waals surface area contributed by atoms with E-state index in [0.717, 1.165) is 11.3 Å². The molecule has 0 spiro atoms. The van der Waals surface area contributed by atoms with Gasteiger partial charge in [-0.3, -0.25) is 0 Å². The second kappa shape index (κ2) is 4.52. The first-order valence-corrected chi connectivity index (χ1v) is 7.55. The predicted octanol–water partition coefficient (Wildman–Crippen LogP) is 5.09. The number of imidazole rings is 1. The van der Waals surface area contributed by atoms with Crippen LogP contribution in [0.4, 0.5) is 0 Å². The van der Waals surface area contributed by atoms with Crippen molar-refractivity contribution >= 4 is 22.6 Å². The third-order valence-electron chi connectivity index (χ3n) is 4.49. The summed E-state index contributed by atoms with van der Waals surface area (Å²) < 4.78 is 2.40. The van der Waals surface area contributed by atoms with Crippen LogP contribution in [0.3, 0.4) is 0 Å². The molecule has 102 valence electrons. The van der Waals surface area contributed by atoms with Gasteiger partial charge in [-0.15, -0.1) is 11.6 Å². The normalized spacial score (nSPS) is 23.9. The number of fused-ring (bicyclic) bond motifs is 1. The maximum Gasteiger partial charge on any atom is 0.127 e. The van der Waals surface area contributed by atoms with E-state index in [1.54, 1.807) is 0 Å². The maximum absolute atomic E-state index is 6.37. The fraction of sp³-hybridized carbons (Fsp3) is 0.562. The molecule has 0 aliphatic heterocycles. The lowest BCUT2D eigenvalue weighted by Crippen LogP contribution is -2.23. The predicted molar refractivity (Wildman–Crippen MR) is 80.7 cm³/mol. The Kier molecular flexibility index (Phi) is 3.09. The molecular formula is C16H21ClN2. The third kappa shape index (κ3) is 2.06. The van der Waals surface area contributed by atoms with Crippen LogP contribution in [0.1, 0.15) is 57.3 Å². The molecule has 1 aromatic heterocycles. The summed E-state index contributed by atoms with van der Waals surface area (Å²) in [6.07, 6.45) is 3.80. The van der Waals surface area contributed by atoms with E-state index in [1.165, 1.54) is 24.8 Å². The van der Waals surface area contributed by atoms with Gasteiger partial charge in [0, 0.05) is 6.04 Å². The number of hydrogen-bond acceptors (Lipinski definition) is 1. The van der Waals surface area contributed by atoms with Gasteiger partial charge in [0.2, 0.25) is 0 Å². The molecule has 1 fully saturated rings. The quantitative estimate of drug-likeness (QED) is 0.699. The standard InChI is InChI=1S/C16H21ClN2/c1-11(17)15-18-12-7-4-5-8-13(12)19(15)14-9-6-10-16(14,2)3/h4-5,7-8,11,14H,6,9-10H2,1-3H3. The molecule has 0 radical (unpaired) electrons. The van der Waals surface area contributed by atoms with Crippen LogP contribution in [0.25, 0.3) is 11.0 Å². The van der Waals surface area contributed by atoms with E-state index in [1.807, 2.05) is 13.0 Å². The van der Waals surface area contributed by atoms with Crippen LogP contribution in [0.5, 0.6) is 0 Å². The fourth-order valence-electron chi connectivity index (χ4n) is 3.46. The summed E-state index contributed by atoms with van der Waals surface area (Å²) in [6, 6.07) is 8.89. The lowest BCUT2D eigenvalue weighted by atomic mass is 9.87. The van der Waals surface area contributed by atoms with E-state index >= 15 is 0 Å². The molecule has 0 bridgehead atoms. The van der Waals surface area contributed by atoms with Gasteiger partial charge in [0.15, 0.2) is 0 Å². The minimum atomic E-state index is -0.0520. The lowest BCUT2D eigenvalue weighted by Gasteiger charge is -2.30. The average molecular weight is 277 g/mol. The van der Waals surface area contributed by atoms with Gasteiger partial charge in [0.25, 0.3) is 0 Å². The molecule has 19 heavy (non-hydrogen) atoms. The molecule has 3 heteroatoms. The number of alkyl halides is 1. The molecule has 1 aliphatic carbocycles. The van der Waals surface area contributed by atoms with Gasteiger partial charge in [-0.25, -0.2) is 4.98 Å². The monoisotopic (exact) mass is 276 g/mol. The van der Waals surface area contributed by atoms with Crippen LogP contribution in [-0.4, -0.2) is 9.55 Å². The van der Waals surface area contributed by atoms with Gasteiger partial charge in [0.1, 0.15) is 5.82 Å². The van der Waals surface area contributed by atoms with Crippen molar-refractivity contribution in [1.29, 1.82) is 0 Å². The summed E-state index contributed by atoms with van der Waals surface area (Å²) >= 11 is 6.37. The van der Waals surface area contributed by atoms with E-state index in [2.05, 4.69) is 36.6 Å². The first-order chi connectivity index (χ1) is 9.00. The molecule has 0 saturated heterocycles. The maximum atomic E-state index is 6.37. The Morgan fingerprint density at radius 1 is 1.37 bits per heavy atom. The number of nitrogens with zero attached hydrogens (tertiary/aromatic N) is 2. The molecule has 2 aromatic rings. The highest BCUT2D eigenvalue weighted by molar-refractivity contribution is 6.20. The van der Waals surface area contributed by atoms with Crippen LogP contribution in [0.2, 0.25) is 0 Å². The van der Waals surface area contributed by atoms with E-state index < -0.39 is 0 Å². The van der Waals surface area contributed by atoms with Crippen molar-refractivity contribution < 1.29 is 0 Å². The van der Waals surface area contributed by atoms with E-state index in [9.17, 15) is 0 Å². The molecule has 3 rings (SSSR count). The van der Waals surface area contributed by atoms with Crippen LogP contribution in [0, 0.1) is 5.41 Å². The van der Waals surface area contributed by atoms with Gasteiger partial charge in [-0.05, 0) is 37.3 Å². The Morgan fingerprint density at radius 2 is 2.11 bits per heavy atom. The Bertz CT molecular complexity index is 598. The molecule has 1 saturated carbocycles. The number of aromatic nitrogens is 2. The zero-order chi connectivity index (χ0) is 13.6. The molecule has 2 unspecified atom stereocenters. The van der Waals surface area contributed by atoms with Gasteiger partial charge in [0.05, 0.1) is 16.4 Å². The highest BCUT2D eigenvalue weighted by Crippen LogP contribution is 2.48. The van der Waals surface area contributed by atoms with Gasteiger partial charge >= 0.3 is 0 Å². The topological polar surface area (TPSA) is 17.8 Å². The molecule has 0 amide bonds. The lowest BCUT2D eigenvalue weighted by molar-refractivity contribution is 0.261. The molecule has 2 atom stereocenters. The van der Waals surface area contributed by atoms with Gasteiger partial charge in [-0.2, -0.15) is 0 Å². The molecular weight excluding hydrogens is 256 g/mol. The summed E-state index contributed by atoms with van der Waals surface area (Å²) in [5.41, 5.74) is 2.61. The number of benzene rings is 1. The van der Waals surface area contributed by atoms with Crippen molar-refractivity contribution in [2.45, 2.75) is 51.5 Å². The van der Waals surface area contributed by atoms with Crippen molar-refractivity contribution in [2.24, 2.45) is 5.41 Å². The molecule has 1 aromatic carbocycles. The number of para-hydroxylation sites is 2. The van der Waals surface area contributed by atoms with Crippen molar-refractivity contribution in [3.05, 3.63) is 30.1 Å². The van der Waals surface area contributed by atoms with Crippen molar-refractivity contribution in [3.8, 4) is 0 Å². The Labute approximate surface area is 119 Å². The minimum Gasteiger partial charge on any atom is -0.323 e. The first kappa shape index (κ1) is 13.0. The largest absolute Gasteiger partial charge is 0.323 e. The summed E-state index contributed by atoms with van der Waals surface area (Å²) in [7, 11) is 0. The van der Waals surface area contributed by atoms with Crippen LogP contribution in [-0.2, 0) is 0 Å². The van der Waals surface area contributed by atoms with Crippen molar-refractivity contribution in [3.63, 3.8) is 0 Å². The molecule has 1 aliphatic rings. The summed E-state index contributed by atoms with van der Waals surface area (Å²) in [5.74, 6) is 1.02. The summed E-state index contributed by atoms with van der Waals surface area (Å²) in [4.78, 5) is 4.75. The van der Waals surface area contributed by atoms with Crippen LogP contribution < -0.4 is 0 Å². The highest BCUT2D eigenvalue weighted by atomic mass is 35.5. The number of hydrogen-bond donors (Lipinski definition) is 0. The second-order valence-electron chi connectivity index (χ2n) is 6.34. The zero-order valence-electron chi connectivity index (χ0n) is 11.9. The number of rotatable bonds is 2. The number of halogens is 1. The van der Waals surface area contributed by atoms with E-state index in [4.69, 9.17) is 16.6 Å².